The summed E-state index contributed by atoms with van der Waals surface area (Å²) < 4.78 is 38.7. The topological polar surface area (TPSA) is 59.8 Å². The van der Waals surface area contributed by atoms with E-state index in [0.29, 0.717) is 23.3 Å². The number of alkyl halides is 2. The zero-order valence-corrected chi connectivity index (χ0v) is 21.0. The standard InChI is InChI=1S/C28H30F2N4O3/c1-3-22-26-31-21-12-11-19(8-5-4-6-13-33-14-16-36-17-15-33)18-23(21)34(26)25-20(27(35)32(22)2)9-7-10-24(25)37-28(29)30/h7,9-12,18,22,28H,3-4,6,13-17H2,1-2H3/t22-/m1/s1. The normalized spacial score (nSPS) is 17.8. The monoisotopic (exact) mass is 508 g/mol. The highest BCUT2D eigenvalue weighted by molar-refractivity contribution is 6.00. The summed E-state index contributed by atoms with van der Waals surface area (Å²) in [5, 5.41) is 0. The number of morpholine rings is 1. The van der Waals surface area contributed by atoms with Crippen LogP contribution in [-0.2, 0) is 4.74 Å². The SMILES string of the molecule is CC[C@@H]1c2nc3ccc(C#CCCCN4CCOCC4)cc3n2-c2c(OC(F)F)cccc2C(=O)N1C. The molecule has 0 N–H and O–H groups in total. The van der Waals surface area contributed by atoms with E-state index in [1.807, 2.05) is 25.1 Å². The molecule has 37 heavy (non-hydrogen) atoms. The summed E-state index contributed by atoms with van der Waals surface area (Å²) in [6.07, 6.45) is 2.36. The molecule has 1 saturated heterocycles. The molecule has 2 aromatic carbocycles. The number of para-hydroxylation sites is 1. The molecule has 3 heterocycles. The number of carbonyl (C=O) groups excluding carboxylic acids is 1. The number of aromatic nitrogens is 2. The van der Waals surface area contributed by atoms with Crippen molar-refractivity contribution in [3.8, 4) is 23.3 Å². The molecular formula is C28H30F2N4O3. The Morgan fingerprint density at radius 3 is 2.78 bits per heavy atom. The first-order valence-corrected chi connectivity index (χ1v) is 12.6. The lowest BCUT2D eigenvalue weighted by atomic mass is 10.1. The Morgan fingerprint density at radius 2 is 2.03 bits per heavy atom. The van der Waals surface area contributed by atoms with Crippen molar-refractivity contribution in [2.75, 3.05) is 39.9 Å². The first-order chi connectivity index (χ1) is 18.0. The number of carbonyl (C=O) groups is 1. The maximum Gasteiger partial charge on any atom is 0.387 e. The van der Waals surface area contributed by atoms with Crippen molar-refractivity contribution in [1.29, 1.82) is 0 Å². The van der Waals surface area contributed by atoms with E-state index < -0.39 is 6.61 Å². The number of hydrogen-bond acceptors (Lipinski definition) is 5. The molecule has 1 fully saturated rings. The van der Waals surface area contributed by atoms with Gasteiger partial charge in [0.2, 0.25) is 0 Å². The second-order valence-electron chi connectivity index (χ2n) is 9.24. The number of halogens is 2. The number of imidazole rings is 1. The lowest BCUT2D eigenvalue weighted by Crippen LogP contribution is -2.36. The van der Waals surface area contributed by atoms with Gasteiger partial charge in [0, 0.05) is 32.1 Å². The van der Waals surface area contributed by atoms with E-state index in [2.05, 4.69) is 16.7 Å². The van der Waals surface area contributed by atoms with Crippen LogP contribution in [0.5, 0.6) is 5.75 Å². The molecule has 2 aliphatic heterocycles. The predicted molar refractivity (Wildman–Crippen MR) is 136 cm³/mol. The van der Waals surface area contributed by atoms with Gasteiger partial charge in [0.05, 0.1) is 35.9 Å². The van der Waals surface area contributed by atoms with Crippen LogP contribution in [0.15, 0.2) is 36.4 Å². The number of unbranched alkanes of at least 4 members (excludes halogenated alkanes) is 1. The van der Waals surface area contributed by atoms with Gasteiger partial charge in [-0.2, -0.15) is 8.78 Å². The Morgan fingerprint density at radius 1 is 1.22 bits per heavy atom. The minimum absolute atomic E-state index is 0.0637. The van der Waals surface area contributed by atoms with Gasteiger partial charge in [0.1, 0.15) is 11.5 Å². The molecule has 0 aliphatic carbocycles. The van der Waals surface area contributed by atoms with Crippen molar-refractivity contribution in [1.82, 2.24) is 19.4 Å². The van der Waals surface area contributed by atoms with Crippen LogP contribution in [-0.4, -0.2) is 71.8 Å². The van der Waals surface area contributed by atoms with Crippen molar-refractivity contribution in [3.05, 3.63) is 53.3 Å². The highest BCUT2D eigenvalue weighted by Crippen LogP contribution is 2.40. The van der Waals surface area contributed by atoms with E-state index in [4.69, 9.17) is 14.5 Å². The van der Waals surface area contributed by atoms with Crippen LogP contribution in [0.2, 0.25) is 0 Å². The average molecular weight is 509 g/mol. The lowest BCUT2D eigenvalue weighted by Gasteiger charge is -2.26. The molecule has 9 heteroatoms. The Bertz CT molecular complexity index is 1350. The first kappa shape index (κ1) is 25.2. The fraction of sp³-hybridized carbons (Fsp3) is 0.429. The van der Waals surface area contributed by atoms with Crippen molar-refractivity contribution in [2.45, 2.75) is 38.8 Å². The quantitative estimate of drug-likeness (QED) is 0.359. The summed E-state index contributed by atoms with van der Waals surface area (Å²) in [6, 6.07) is 10.0. The van der Waals surface area contributed by atoms with Crippen LogP contribution in [0.4, 0.5) is 8.78 Å². The van der Waals surface area contributed by atoms with E-state index in [-0.39, 0.29) is 28.9 Å². The molecular weight excluding hydrogens is 478 g/mol. The van der Waals surface area contributed by atoms with Crippen molar-refractivity contribution in [3.63, 3.8) is 0 Å². The van der Waals surface area contributed by atoms with Gasteiger partial charge in [-0.1, -0.05) is 24.8 Å². The van der Waals surface area contributed by atoms with Gasteiger partial charge in [-0.25, -0.2) is 4.98 Å². The summed E-state index contributed by atoms with van der Waals surface area (Å²) in [7, 11) is 1.71. The molecule has 0 spiro atoms. The summed E-state index contributed by atoms with van der Waals surface area (Å²) in [4.78, 5) is 22.2. The number of rotatable bonds is 6. The van der Waals surface area contributed by atoms with E-state index in [1.54, 1.807) is 28.6 Å². The third kappa shape index (κ3) is 5.04. The number of hydrogen-bond donors (Lipinski definition) is 0. The average Bonchev–Trinajstić information content (AvgIpc) is 3.22. The molecule has 0 radical (unpaired) electrons. The molecule has 0 bridgehead atoms. The van der Waals surface area contributed by atoms with Crippen molar-refractivity contribution >= 4 is 16.9 Å². The van der Waals surface area contributed by atoms with Crippen LogP contribution in [0.25, 0.3) is 16.7 Å². The molecule has 5 rings (SSSR count). The second kappa shape index (κ2) is 10.9. The summed E-state index contributed by atoms with van der Waals surface area (Å²) >= 11 is 0. The van der Waals surface area contributed by atoms with Crippen LogP contribution in [0.1, 0.15) is 54.0 Å². The van der Waals surface area contributed by atoms with Crippen molar-refractivity contribution < 1.29 is 23.0 Å². The molecule has 7 nitrogen and oxygen atoms in total. The van der Waals surface area contributed by atoms with Gasteiger partial charge in [0.25, 0.3) is 5.91 Å². The van der Waals surface area contributed by atoms with Crippen LogP contribution in [0.3, 0.4) is 0 Å². The fourth-order valence-electron chi connectivity index (χ4n) is 5.09. The van der Waals surface area contributed by atoms with E-state index >= 15 is 0 Å². The fourth-order valence-corrected chi connectivity index (χ4v) is 5.09. The Kier molecular flexibility index (Phi) is 7.40. The minimum Gasteiger partial charge on any atom is -0.433 e. The largest absolute Gasteiger partial charge is 0.433 e. The summed E-state index contributed by atoms with van der Waals surface area (Å²) in [6.45, 7) is 3.44. The Balaban J connectivity index is 1.53. The predicted octanol–water partition coefficient (Wildman–Crippen LogP) is 4.63. The molecule has 1 atom stereocenters. The van der Waals surface area contributed by atoms with Gasteiger partial charge >= 0.3 is 6.61 Å². The van der Waals surface area contributed by atoms with Crippen LogP contribution >= 0.6 is 0 Å². The zero-order valence-electron chi connectivity index (χ0n) is 21.0. The van der Waals surface area contributed by atoms with Crippen LogP contribution in [0, 0.1) is 11.8 Å². The molecule has 2 aliphatic rings. The van der Waals surface area contributed by atoms with E-state index in [9.17, 15) is 13.6 Å². The smallest absolute Gasteiger partial charge is 0.387 e. The number of fused-ring (bicyclic) bond motifs is 5. The van der Waals surface area contributed by atoms with Gasteiger partial charge in [-0.05, 0) is 49.7 Å². The van der Waals surface area contributed by atoms with Gasteiger partial charge in [0.15, 0.2) is 5.75 Å². The maximum atomic E-state index is 13.3. The van der Waals surface area contributed by atoms with E-state index in [0.717, 1.165) is 51.3 Å². The van der Waals surface area contributed by atoms with Gasteiger partial charge in [-0.3, -0.25) is 14.3 Å². The van der Waals surface area contributed by atoms with Crippen LogP contribution < -0.4 is 4.74 Å². The second-order valence-corrected chi connectivity index (χ2v) is 9.24. The summed E-state index contributed by atoms with van der Waals surface area (Å²) in [5.41, 5.74) is 2.77. The maximum absolute atomic E-state index is 13.3. The first-order valence-electron chi connectivity index (χ1n) is 12.6. The molecule has 1 amide bonds. The number of amides is 1. The van der Waals surface area contributed by atoms with Gasteiger partial charge in [-0.15, -0.1) is 0 Å². The number of nitrogens with zero attached hydrogens (tertiary/aromatic N) is 4. The number of ether oxygens (including phenoxy) is 2. The van der Waals surface area contributed by atoms with E-state index in [1.165, 1.54) is 6.07 Å². The molecule has 194 valence electrons. The molecule has 0 unspecified atom stereocenters. The molecule has 0 saturated carbocycles. The minimum atomic E-state index is -3.03. The van der Waals surface area contributed by atoms with Crippen molar-refractivity contribution in [2.24, 2.45) is 0 Å². The number of benzene rings is 2. The third-order valence-corrected chi connectivity index (χ3v) is 6.93. The van der Waals surface area contributed by atoms with Gasteiger partial charge < -0.3 is 14.4 Å². The Hall–Kier alpha value is -3.48. The third-order valence-electron chi connectivity index (χ3n) is 6.93. The lowest BCUT2D eigenvalue weighted by molar-refractivity contribution is -0.0498. The zero-order chi connectivity index (χ0) is 25.9. The Labute approximate surface area is 215 Å². The highest BCUT2D eigenvalue weighted by atomic mass is 19.3. The highest BCUT2D eigenvalue weighted by Gasteiger charge is 2.35. The molecule has 1 aromatic heterocycles. The summed E-state index contributed by atoms with van der Waals surface area (Å²) in [5.74, 6) is 6.77. The molecule has 3 aromatic rings.